The van der Waals surface area contributed by atoms with Gasteiger partial charge < -0.3 is 5.73 Å². The molecule has 0 bridgehead atoms. The first-order valence-corrected chi connectivity index (χ1v) is 8.58. The fourth-order valence-corrected chi connectivity index (χ4v) is 4.83. The van der Waals surface area contributed by atoms with Gasteiger partial charge in [-0.25, -0.2) is 0 Å². The monoisotopic (exact) mass is 292 g/mol. The Bertz CT molecular complexity index is 458. The van der Waals surface area contributed by atoms with E-state index in [4.69, 9.17) is 5.73 Å². The van der Waals surface area contributed by atoms with Crippen molar-refractivity contribution in [3.8, 4) is 0 Å². The molecule has 1 aliphatic heterocycles. The fourth-order valence-electron chi connectivity index (χ4n) is 3.25. The predicted molar refractivity (Wildman–Crippen MR) is 90.2 cm³/mol. The van der Waals surface area contributed by atoms with E-state index >= 15 is 0 Å². The van der Waals surface area contributed by atoms with Gasteiger partial charge in [0.25, 0.3) is 0 Å². The largest absolute Gasteiger partial charge is 0.329 e. The number of hydrogen-bond acceptors (Lipinski definition) is 3. The Morgan fingerprint density at radius 2 is 1.95 bits per heavy atom. The molecule has 1 unspecified atom stereocenters. The quantitative estimate of drug-likeness (QED) is 0.923. The molecule has 0 saturated carbocycles. The number of thioether (sulfide) groups is 1. The van der Waals surface area contributed by atoms with Crippen LogP contribution in [0.1, 0.15) is 31.4 Å². The smallest absolute Gasteiger partial charge is 0.0427 e. The molecule has 1 atom stereocenters. The van der Waals surface area contributed by atoms with Crippen molar-refractivity contribution in [2.24, 2.45) is 11.1 Å². The Morgan fingerprint density at radius 3 is 2.55 bits per heavy atom. The maximum Gasteiger partial charge on any atom is 0.0427 e. The van der Waals surface area contributed by atoms with Gasteiger partial charge in [-0.05, 0) is 42.7 Å². The SMILES string of the molecule is Cc1ccccc1CN(C)C1(CN)CSCC(C)(C)C1. The van der Waals surface area contributed by atoms with Gasteiger partial charge in [0.15, 0.2) is 0 Å². The first-order valence-electron chi connectivity index (χ1n) is 7.42. The predicted octanol–water partition coefficient (Wildman–Crippen LogP) is 3.29. The summed E-state index contributed by atoms with van der Waals surface area (Å²) in [6, 6.07) is 8.66. The molecular formula is C17H28N2S. The molecule has 2 nitrogen and oxygen atoms in total. The summed E-state index contributed by atoms with van der Waals surface area (Å²) in [6.07, 6.45) is 1.19. The number of nitrogens with two attached hydrogens (primary N) is 1. The van der Waals surface area contributed by atoms with Gasteiger partial charge in [-0.15, -0.1) is 0 Å². The topological polar surface area (TPSA) is 29.3 Å². The van der Waals surface area contributed by atoms with Crippen molar-refractivity contribution in [2.75, 3.05) is 25.1 Å². The van der Waals surface area contributed by atoms with Crippen molar-refractivity contribution in [3.63, 3.8) is 0 Å². The number of aryl methyl sites for hydroxylation is 1. The summed E-state index contributed by atoms with van der Waals surface area (Å²) in [5.41, 5.74) is 9.49. The van der Waals surface area contributed by atoms with E-state index in [1.54, 1.807) is 0 Å². The molecule has 1 aliphatic rings. The van der Waals surface area contributed by atoms with Gasteiger partial charge >= 0.3 is 0 Å². The normalized spacial score (nSPS) is 25.9. The van der Waals surface area contributed by atoms with Crippen LogP contribution in [0, 0.1) is 12.3 Å². The molecule has 2 rings (SSSR count). The van der Waals surface area contributed by atoms with Gasteiger partial charge in [0.2, 0.25) is 0 Å². The number of rotatable bonds is 4. The first-order chi connectivity index (χ1) is 9.38. The van der Waals surface area contributed by atoms with Crippen LogP contribution in [0.4, 0.5) is 0 Å². The molecule has 3 heteroatoms. The van der Waals surface area contributed by atoms with E-state index < -0.39 is 0 Å². The fraction of sp³-hybridized carbons (Fsp3) is 0.647. The molecule has 0 amide bonds. The van der Waals surface area contributed by atoms with E-state index in [1.807, 2.05) is 0 Å². The minimum Gasteiger partial charge on any atom is -0.329 e. The van der Waals surface area contributed by atoms with Gasteiger partial charge in [0, 0.05) is 24.4 Å². The Kier molecular flexibility index (Phi) is 4.83. The molecule has 1 saturated heterocycles. The maximum absolute atomic E-state index is 6.20. The standard InChI is InChI=1S/C17H28N2S/c1-14-7-5-6-8-15(14)9-19(4)17(11-18)10-16(2,3)12-20-13-17/h5-8H,9-13,18H2,1-4H3. The highest BCUT2D eigenvalue weighted by Gasteiger charge is 2.42. The van der Waals surface area contributed by atoms with Crippen LogP contribution in [0.3, 0.4) is 0 Å². The summed E-state index contributed by atoms with van der Waals surface area (Å²) < 4.78 is 0. The van der Waals surface area contributed by atoms with Crippen molar-refractivity contribution in [2.45, 2.75) is 39.3 Å². The molecule has 112 valence electrons. The molecule has 0 spiro atoms. The van der Waals surface area contributed by atoms with Crippen molar-refractivity contribution >= 4 is 11.8 Å². The highest BCUT2D eigenvalue weighted by atomic mass is 32.2. The molecule has 1 fully saturated rings. The highest BCUT2D eigenvalue weighted by molar-refractivity contribution is 7.99. The summed E-state index contributed by atoms with van der Waals surface area (Å²) in [6.45, 7) is 8.65. The van der Waals surface area contributed by atoms with E-state index in [0.717, 1.165) is 18.8 Å². The van der Waals surface area contributed by atoms with Gasteiger partial charge in [-0.3, -0.25) is 4.90 Å². The van der Waals surface area contributed by atoms with E-state index in [1.165, 1.54) is 23.3 Å². The third-order valence-corrected chi connectivity index (χ3v) is 6.26. The zero-order valence-corrected chi connectivity index (χ0v) is 14.1. The number of hydrogen-bond donors (Lipinski definition) is 1. The van der Waals surface area contributed by atoms with E-state index in [-0.39, 0.29) is 5.54 Å². The lowest BCUT2D eigenvalue weighted by molar-refractivity contribution is 0.0868. The molecular weight excluding hydrogens is 264 g/mol. The highest BCUT2D eigenvalue weighted by Crippen LogP contribution is 2.41. The summed E-state index contributed by atoms with van der Waals surface area (Å²) in [5, 5.41) is 0. The van der Waals surface area contributed by atoms with Crippen molar-refractivity contribution in [1.82, 2.24) is 4.90 Å². The third kappa shape index (κ3) is 3.38. The number of nitrogens with zero attached hydrogens (tertiary/aromatic N) is 1. The van der Waals surface area contributed by atoms with Crippen LogP contribution < -0.4 is 5.73 Å². The van der Waals surface area contributed by atoms with Gasteiger partial charge in [0.05, 0.1) is 0 Å². The molecule has 0 aromatic heterocycles. The lowest BCUT2D eigenvalue weighted by Crippen LogP contribution is -2.58. The van der Waals surface area contributed by atoms with E-state index in [9.17, 15) is 0 Å². The second-order valence-electron chi connectivity index (χ2n) is 7.04. The van der Waals surface area contributed by atoms with E-state index in [0.29, 0.717) is 5.41 Å². The average molecular weight is 292 g/mol. The Labute approximate surface area is 128 Å². The minimum atomic E-state index is 0.134. The lowest BCUT2D eigenvalue weighted by Gasteiger charge is -2.49. The first kappa shape index (κ1) is 15.9. The van der Waals surface area contributed by atoms with Gasteiger partial charge in [-0.1, -0.05) is 38.1 Å². The second kappa shape index (κ2) is 6.08. The van der Waals surface area contributed by atoms with Crippen LogP contribution in [-0.2, 0) is 6.54 Å². The van der Waals surface area contributed by atoms with Crippen molar-refractivity contribution in [1.29, 1.82) is 0 Å². The van der Waals surface area contributed by atoms with Crippen LogP contribution in [0.25, 0.3) is 0 Å². The lowest BCUT2D eigenvalue weighted by atomic mass is 9.78. The molecule has 0 aliphatic carbocycles. The van der Waals surface area contributed by atoms with Gasteiger partial charge in [0.1, 0.15) is 0 Å². The van der Waals surface area contributed by atoms with Crippen LogP contribution in [0.5, 0.6) is 0 Å². The maximum atomic E-state index is 6.20. The Balaban J connectivity index is 2.17. The third-order valence-electron chi connectivity index (χ3n) is 4.53. The van der Waals surface area contributed by atoms with Crippen molar-refractivity contribution < 1.29 is 0 Å². The second-order valence-corrected chi connectivity index (χ2v) is 8.03. The summed E-state index contributed by atoms with van der Waals surface area (Å²) >= 11 is 2.05. The zero-order chi connectivity index (χ0) is 14.8. The molecule has 2 N–H and O–H groups in total. The molecule has 20 heavy (non-hydrogen) atoms. The summed E-state index contributed by atoms with van der Waals surface area (Å²) in [7, 11) is 2.24. The van der Waals surface area contributed by atoms with Crippen LogP contribution in [0.15, 0.2) is 24.3 Å². The molecule has 0 radical (unpaired) electrons. The number of likely N-dealkylation sites (N-methyl/N-ethyl adjacent to an activating group) is 1. The summed E-state index contributed by atoms with van der Waals surface area (Å²) in [5.74, 6) is 2.39. The minimum absolute atomic E-state index is 0.134. The van der Waals surface area contributed by atoms with E-state index in [2.05, 4.69) is 68.7 Å². The summed E-state index contributed by atoms with van der Waals surface area (Å²) in [4.78, 5) is 2.49. The average Bonchev–Trinajstić information content (AvgIpc) is 2.40. The molecule has 1 aromatic rings. The number of benzene rings is 1. The van der Waals surface area contributed by atoms with Crippen LogP contribution in [-0.4, -0.2) is 35.5 Å². The van der Waals surface area contributed by atoms with Crippen LogP contribution in [0.2, 0.25) is 0 Å². The zero-order valence-electron chi connectivity index (χ0n) is 13.3. The van der Waals surface area contributed by atoms with Crippen molar-refractivity contribution in [3.05, 3.63) is 35.4 Å². The Morgan fingerprint density at radius 1 is 1.25 bits per heavy atom. The Hall–Kier alpha value is -0.510. The molecule has 1 aromatic carbocycles. The van der Waals surface area contributed by atoms with Gasteiger partial charge in [-0.2, -0.15) is 11.8 Å². The van der Waals surface area contributed by atoms with Crippen LogP contribution >= 0.6 is 11.8 Å². The molecule has 1 heterocycles.